The van der Waals surface area contributed by atoms with E-state index in [1.165, 1.54) is 68.6 Å². The van der Waals surface area contributed by atoms with Gasteiger partial charge in [-0.2, -0.15) is 4.31 Å². The molecule has 49 heavy (non-hydrogen) atoms. The van der Waals surface area contributed by atoms with Gasteiger partial charge >= 0.3 is 15.6 Å². The SMILES string of the molecule is CCCCCCCCCCCCCO[C@@H]1[C@H](O)[C@@H](COP(=O)(O)OP(=O)(O)OC[C@H]2O[C@@H](n3cnc4c(N)ncnc43)[C@H](O)[C@@H]2O)O[C@@H]1S. The maximum atomic E-state index is 12.5. The molecule has 4 heterocycles. The monoisotopic (exact) mass is 757 g/mol. The average molecular weight is 758 g/mol. The van der Waals surface area contributed by atoms with Crippen molar-refractivity contribution in [1.29, 1.82) is 0 Å². The first kappa shape index (κ1) is 40.5. The molecule has 2 unspecified atom stereocenters. The fourth-order valence-corrected chi connectivity index (χ4v) is 8.20. The summed E-state index contributed by atoms with van der Waals surface area (Å²) in [5, 5.41) is 31.6. The summed E-state index contributed by atoms with van der Waals surface area (Å²) in [5.41, 5.74) is 5.36. The number of aliphatic hydroxyl groups is 3. The van der Waals surface area contributed by atoms with Gasteiger partial charge in [-0.15, -0.1) is 12.6 Å². The molecule has 0 bridgehead atoms. The Morgan fingerprint density at radius 3 is 2.02 bits per heavy atom. The fourth-order valence-electron chi connectivity index (χ4n) is 5.69. The summed E-state index contributed by atoms with van der Waals surface area (Å²) in [6.07, 6.45) is 6.41. The van der Waals surface area contributed by atoms with E-state index < -0.39 is 77.1 Å². The molecule has 0 spiro atoms. The topological polar surface area (TPSA) is 260 Å². The molecule has 4 rings (SSSR count). The first-order chi connectivity index (χ1) is 23.3. The van der Waals surface area contributed by atoms with Crippen LogP contribution in [0.4, 0.5) is 5.82 Å². The number of aromatic nitrogens is 4. The number of ether oxygens (including phenoxy) is 3. The number of nitrogens with two attached hydrogens (primary N) is 1. The van der Waals surface area contributed by atoms with Crippen molar-refractivity contribution >= 4 is 45.3 Å². The predicted octanol–water partition coefficient (Wildman–Crippen LogP) is 2.99. The number of phosphoric ester groups is 2. The van der Waals surface area contributed by atoms with E-state index in [2.05, 4.69) is 38.8 Å². The van der Waals surface area contributed by atoms with Crippen LogP contribution in [0.15, 0.2) is 12.7 Å². The van der Waals surface area contributed by atoms with Crippen LogP contribution in [0.5, 0.6) is 0 Å². The Morgan fingerprint density at radius 1 is 0.837 bits per heavy atom. The summed E-state index contributed by atoms with van der Waals surface area (Å²) < 4.78 is 57.1. The molecule has 0 aromatic carbocycles. The van der Waals surface area contributed by atoms with Crippen LogP contribution in [0.1, 0.15) is 83.8 Å². The standard InChI is InChI=1S/C28H49N5O13P2S/c1-2-3-4-5-6-7-8-9-10-11-12-13-41-24-22(35)19(45-28(24)49)15-43-48(39,40)46-47(37,38)42-14-18-21(34)23(36)27(44-18)33-17-32-20-25(29)30-16-31-26(20)33/h16-19,21-24,27-28,34-36,49H,2-15H2,1H3,(H,37,38)(H,39,40)(H2,29,30,31)/t18-,19-,21-,22-,23-,24-,27-,28-/m1/s1. The van der Waals surface area contributed by atoms with Gasteiger partial charge in [0.25, 0.3) is 0 Å². The van der Waals surface area contributed by atoms with Crippen molar-refractivity contribution in [1.82, 2.24) is 19.5 Å². The van der Waals surface area contributed by atoms with Gasteiger partial charge in [-0.3, -0.25) is 13.6 Å². The van der Waals surface area contributed by atoms with E-state index in [9.17, 15) is 34.2 Å². The number of nitrogen functional groups attached to an aromatic ring is 1. The lowest BCUT2D eigenvalue weighted by molar-refractivity contribution is -0.0506. The maximum absolute atomic E-state index is 12.5. The van der Waals surface area contributed by atoms with Crippen molar-refractivity contribution in [2.45, 2.75) is 126 Å². The van der Waals surface area contributed by atoms with Crippen molar-refractivity contribution in [3.05, 3.63) is 12.7 Å². The smallest absolute Gasteiger partial charge is 0.387 e. The number of rotatable bonds is 22. The zero-order chi connectivity index (χ0) is 35.6. The second-order valence-electron chi connectivity index (χ2n) is 12.2. The normalized spacial score (nSPS) is 29.8. The highest BCUT2D eigenvalue weighted by molar-refractivity contribution is 7.80. The van der Waals surface area contributed by atoms with Gasteiger partial charge in [-0.05, 0) is 6.42 Å². The molecule has 10 atom stereocenters. The van der Waals surface area contributed by atoms with Gasteiger partial charge in [0.1, 0.15) is 53.9 Å². The lowest BCUT2D eigenvalue weighted by Gasteiger charge is -2.21. The van der Waals surface area contributed by atoms with Crippen LogP contribution in [0.2, 0.25) is 0 Å². The highest BCUT2D eigenvalue weighted by Gasteiger charge is 2.47. The number of aliphatic hydroxyl groups excluding tert-OH is 3. The highest BCUT2D eigenvalue weighted by atomic mass is 32.1. The Kier molecular flexibility index (Phi) is 15.7. The molecule has 280 valence electrons. The molecule has 0 aliphatic carbocycles. The van der Waals surface area contributed by atoms with Gasteiger partial charge in [0, 0.05) is 6.61 Å². The molecule has 0 radical (unpaired) electrons. The number of hydrogen-bond acceptors (Lipinski definition) is 16. The van der Waals surface area contributed by atoms with Gasteiger partial charge < -0.3 is 45.1 Å². The molecule has 2 saturated heterocycles. The van der Waals surface area contributed by atoms with Gasteiger partial charge in [0.2, 0.25) is 0 Å². The van der Waals surface area contributed by atoms with Crippen LogP contribution in [0.3, 0.4) is 0 Å². The number of nitrogens with zero attached hydrogens (tertiary/aromatic N) is 4. The molecule has 0 amide bonds. The quantitative estimate of drug-likeness (QED) is 0.0517. The zero-order valence-corrected chi connectivity index (χ0v) is 30.1. The lowest BCUT2D eigenvalue weighted by atomic mass is 10.1. The summed E-state index contributed by atoms with van der Waals surface area (Å²) >= 11 is 4.29. The Bertz CT molecular complexity index is 1410. The van der Waals surface area contributed by atoms with Crippen molar-refractivity contribution in [3.63, 3.8) is 0 Å². The maximum Gasteiger partial charge on any atom is 0.481 e. The molecule has 18 nitrogen and oxygen atoms in total. The zero-order valence-electron chi connectivity index (χ0n) is 27.4. The Labute approximate surface area is 290 Å². The molecule has 2 fully saturated rings. The third-order valence-electron chi connectivity index (χ3n) is 8.38. The third-order valence-corrected chi connectivity index (χ3v) is 11.4. The van der Waals surface area contributed by atoms with Crippen LogP contribution in [0, 0.1) is 0 Å². The van der Waals surface area contributed by atoms with Crippen LogP contribution in [-0.2, 0) is 36.7 Å². The Morgan fingerprint density at radius 2 is 1.41 bits per heavy atom. The molecule has 21 heteroatoms. The number of anilines is 1. The summed E-state index contributed by atoms with van der Waals surface area (Å²) in [6, 6.07) is 0. The van der Waals surface area contributed by atoms with Crippen molar-refractivity contribution in [2.24, 2.45) is 0 Å². The van der Waals surface area contributed by atoms with E-state index in [1.807, 2.05) is 0 Å². The van der Waals surface area contributed by atoms with E-state index in [0.29, 0.717) is 6.61 Å². The van der Waals surface area contributed by atoms with Crippen LogP contribution in [-0.4, -0.2) is 107 Å². The van der Waals surface area contributed by atoms with Gasteiger partial charge in [-0.1, -0.05) is 71.1 Å². The number of thiol groups is 1. The molecule has 2 aromatic rings. The lowest BCUT2D eigenvalue weighted by Crippen LogP contribution is -2.35. The van der Waals surface area contributed by atoms with Crippen molar-refractivity contribution in [2.75, 3.05) is 25.6 Å². The summed E-state index contributed by atoms with van der Waals surface area (Å²) in [4.78, 5) is 32.1. The second-order valence-corrected chi connectivity index (χ2v) is 15.7. The van der Waals surface area contributed by atoms with Crippen LogP contribution in [0.25, 0.3) is 11.2 Å². The minimum Gasteiger partial charge on any atom is -0.387 e. The minimum absolute atomic E-state index is 0.0769. The summed E-state index contributed by atoms with van der Waals surface area (Å²) in [5.74, 6) is 0.0769. The Hall–Kier alpha value is -1.28. The number of fused-ring (bicyclic) bond motifs is 1. The third kappa shape index (κ3) is 11.6. The molecule has 2 aliphatic heterocycles. The van der Waals surface area contributed by atoms with E-state index in [4.69, 9.17) is 29.0 Å². The number of phosphoric acid groups is 2. The van der Waals surface area contributed by atoms with Crippen LogP contribution < -0.4 is 5.73 Å². The molecule has 2 aromatic heterocycles. The molecule has 2 aliphatic rings. The predicted molar refractivity (Wildman–Crippen MR) is 178 cm³/mol. The van der Waals surface area contributed by atoms with E-state index in [1.54, 1.807) is 0 Å². The summed E-state index contributed by atoms with van der Waals surface area (Å²) in [6.45, 7) is 1.05. The molecule has 0 saturated carbocycles. The number of hydrogen-bond donors (Lipinski definition) is 7. The minimum atomic E-state index is -5.29. The fraction of sp³-hybridized carbons (Fsp3) is 0.821. The second kappa shape index (κ2) is 19.0. The largest absolute Gasteiger partial charge is 0.481 e. The average Bonchev–Trinajstić information content (AvgIpc) is 3.69. The molecule has 7 N–H and O–H groups in total. The van der Waals surface area contributed by atoms with E-state index in [0.717, 1.165) is 19.3 Å². The summed E-state index contributed by atoms with van der Waals surface area (Å²) in [7, 11) is -10.5. The number of unbranched alkanes of at least 4 members (excludes halogenated alkanes) is 10. The molecular weight excluding hydrogens is 708 g/mol. The van der Waals surface area contributed by atoms with Gasteiger partial charge in [0.15, 0.2) is 17.7 Å². The number of imidazole rings is 1. The van der Waals surface area contributed by atoms with E-state index in [-0.39, 0.29) is 17.0 Å². The van der Waals surface area contributed by atoms with Crippen molar-refractivity contribution in [3.8, 4) is 0 Å². The van der Waals surface area contributed by atoms with Crippen LogP contribution >= 0.6 is 28.3 Å². The van der Waals surface area contributed by atoms with E-state index >= 15 is 0 Å². The van der Waals surface area contributed by atoms with Crippen molar-refractivity contribution < 1.29 is 61.8 Å². The van der Waals surface area contributed by atoms with Gasteiger partial charge in [0.05, 0.1) is 19.5 Å². The highest BCUT2D eigenvalue weighted by Crippen LogP contribution is 2.60. The first-order valence-corrected chi connectivity index (χ1v) is 20.1. The Balaban J connectivity index is 1.15. The first-order valence-electron chi connectivity index (χ1n) is 16.6. The molecular formula is C28H49N5O13P2S. The van der Waals surface area contributed by atoms with Gasteiger partial charge in [-0.25, -0.2) is 24.1 Å².